The molecule has 7 nitrogen and oxygen atoms in total. The smallest absolute Gasteiger partial charge is 0.231 e. The molecular weight excluding hydrogens is 560 g/mol. The van der Waals surface area contributed by atoms with E-state index in [-0.39, 0.29) is 28.5 Å². The summed E-state index contributed by atoms with van der Waals surface area (Å²) in [4.78, 5) is 42.9. The van der Waals surface area contributed by atoms with Crippen LogP contribution in [0.1, 0.15) is 51.0 Å². The normalized spacial score (nSPS) is 21.3. The molecule has 184 valence electrons. The number of ketones is 2. The molecule has 0 saturated carbocycles. The van der Waals surface area contributed by atoms with E-state index in [4.69, 9.17) is 0 Å². The van der Waals surface area contributed by atoms with Crippen molar-refractivity contribution in [3.63, 3.8) is 0 Å². The number of halogens is 1. The molecule has 2 heterocycles. The van der Waals surface area contributed by atoms with E-state index in [0.717, 1.165) is 26.7 Å². The fourth-order valence-corrected chi connectivity index (χ4v) is 6.91. The van der Waals surface area contributed by atoms with Gasteiger partial charge in [-0.3, -0.25) is 19.5 Å². The summed E-state index contributed by atoms with van der Waals surface area (Å²) in [5.41, 5.74) is 4.56. The van der Waals surface area contributed by atoms with Gasteiger partial charge in [0.2, 0.25) is 11.1 Å². The summed E-state index contributed by atoms with van der Waals surface area (Å²) in [5.74, 6) is 0.0656. The first-order valence-corrected chi connectivity index (χ1v) is 14.2. The van der Waals surface area contributed by atoms with E-state index in [0.29, 0.717) is 22.3 Å². The average Bonchev–Trinajstić information content (AvgIpc) is 3.46. The molecule has 2 N–H and O–H groups in total. The number of thioether (sulfide) groups is 2. The van der Waals surface area contributed by atoms with E-state index in [1.54, 1.807) is 11.8 Å². The van der Waals surface area contributed by atoms with Crippen LogP contribution < -0.4 is 5.32 Å². The van der Waals surface area contributed by atoms with Crippen LogP contribution in [0.5, 0.6) is 0 Å². The molecule has 36 heavy (non-hydrogen) atoms. The molecule has 3 aromatic rings. The third-order valence-corrected chi connectivity index (χ3v) is 9.01. The Morgan fingerprint density at radius 1 is 1.22 bits per heavy atom. The van der Waals surface area contributed by atoms with Gasteiger partial charge in [0, 0.05) is 10.0 Å². The third-order valence-electron chi connectivity index (χ3n) is 6.34. The van der Waals surface area contributed by atoms with Crippen molar-refractivity contribution in [2.75, 3.05) is 11.5 Å². The zero-order valence-electron chi connectivity index (χ0n) is 19.6. The largest absolute Gasteiger partial charge is 0.344 e. The maximum atomic E-state index is 13.2. The molecule has 5 rings (SSSR count). The number of carbonyl (C=O) groups is 3. The number of rotatable bonds is 6. The second-order valence-corrected chi connectivity index (χ2v) is 11.8. The van der Waals surface area contributed by atoms with Gasteiger partial charge in [0.25, 0.3) is 0 Å². The summed E-state index contributed by atoms with van der Waals surface area (Å²) in [6.07, 6.45) is 1.98. The molecule has 1 fully saturated rings. The number of nitrogens with one attached hydrogen (secondary N) is 2. The van der Waals surface area contributed by atoms with Gasteiger partial charge in [-0.15, -0.1) is 16.9 Å². The summed E-state index contributed by atoms with van der Waals surface area (Å²) in [6.45, 7) is 3.91. The number of amides is 1. The number of hydrogen-bond acceptors (Lipinski definition) is 7. The molecule has 0 radical (unpaired) electrons. The first-order chi connectivity index (χ1) is 17.3. The Hall–Kier alpha value is -2.69. The standard InChI is InChI=1S/C26H23BrN4O3S2/c1-13-5-3-4-6-17(13)24-22(19(32)11-35-24)28-20(33)12-36-26-29-25(30-31-26)21-14(2)9-15-7-8-16(27)10-18(15)23(21)34/h3-10,21-22,24H,11-12H2,1-2H3,(H,28,33)(H,29,30,31). The van der Waals surface area contributed by atoms with Gasteiger partial charge >= 0.3 is 0 Å². The SMILES string of the molecule is CC1=Cc2ccc(Br)cc2C(=O)C1c1nc(SCC(=O)NC2C(=O)CSC2c2ccccc2C)n[nH]1. The molecule has 1 aromatic heterocycles. The van der Waals surface area contributed by atoms with Gasteiger partial charge in [-0.05, 0) is 42.7 Å². The maximum Gasteiger partial charge on any atom is 0.231 e. The quantitative estimate of drug-likeness (QED) is 0.398. The highest BCUT2D eigenvalue weighted by Crippen LogP contribution is 2.40. The van der Waals surface area contributed by atoms with Crippen molar-refractivity contribution in [2.45, 2.75) is 36.2 Å². The van der Waals surface area contributed by atoms with E-state index < -0.39 is 12.0 Å². The first-order valence-electron chi connectivity index (χ1n) is 11.4. The van der Waals surface area contributed by atoms with E-state index in [1.165, 1.54) is 11.8 Å². The fraction of sp³-hybridized carbons (Fsp3) is 0.269. The van der Waals surface area contributed by atoms with Gasteiger partial charge in [-0.25, -0.2) is 4.98 Å². The van der Waals surface area contributed by atoms with Crippen LogP contribution in [-0.2, 0) is 9.59 Å². The molecule has 1 saturated heterocycles. The van der Waals surface area contributed by atoms with Crippen LogP contribution in [0.4, 0.5) is 0 Å². The number of fused-ring (bicyclic) bond motifs is 1. The van der Waals surface area contributed by atoms with Gasteiger partial charge in [-0.2, -0.15) is 0 Å². The maximum absolute atomic E-state index is 13.2. The van der Waals surface area contributed by atoms with Crippen LogP contribution in [0.15, 0.2) is 57.7 Å². The Morgan fingerprint density at radius 2 is 2.03 bits per heavy atom. The van der Waals surface area contributed by atoms with Crippen LogP contribution in [0.3, 0.4) is 0 Å². The van der Waals surface area contributed by atoms with Gasteiger partial charge in [0.15, 0.2) is 11.6 Å². The lowest BCUT2D eigenvalue weighted by atomic mass is 9.82. The van der Waals surface area contributed by atoms with E-state index in [9.17, 15) is 14.4 Å². The Balaban J connectivity index is 1.24. The Labute approximate surface area is 225 Å². The minimum Gasteiger partial charge on any atom is -0.344 e. The third kappa shape index (κ3) is 4.94. The lowest BCUT2D eigenvalue weighted by Crippen LogP contribution is -2.42. The molecule has 3 unspecified atom stereocenters. The van der Waals surface area contributed by atoms with Crippen LogP contribution in [-0.4, -0.2) is 50.2 Å². The highest BCUT2D eigenvalue weighted by atomic mass is 79.9. The zero-order valence-corrected chi connectivity index (χ0v) is 22.8. The van der Waals surface area contributed by atoms with Gasteiger partial charge < -0.3 is 5.32 Å². The number of aromatic amines is 1. The zero-order chi connectivity index (χ0) is 25.4. The molecular formula is C26H23BrN4O3S2. The molecule has 2 aliphatic rings. The monoisotopic (exact) mass is 582 g/mol. The highest BCUT2D eigenvalue weighted by molar-refractivity contribution is 9.10. The Kier molecular flexibility index (Phi) is 7.18. The summed E-state index contributed by atoms with van der Waals surface area (Å²) >= 11 is 6.15. The van der Waals surface area contributed by atoms with Gasteiger partial charge in [-0.1, -0.05) is 69.7 Å². The molecule has 1 aliphatic heterocycles. The number of aromatic nitrogens is 3. The predicted octanol–water partition coefficient (Wildman–Crippen LogP) is 4.89. The number of Topliss-reactive ketones (excluding diaryl/α,β-unsaturated/α-hetero) is 2. The molecule has 0 spiro atoms. The average molecular weight is 584 g/mol. The van der Waals surface area contributed by atoms with E-state index in [1.807, 2.05) is 62.4 Å². The summed E-state index contributed by atoms with van der Waals surface area (Å²) in [6, 6.07) is 13.0. The number of carbonyl (C=O) groups excluding carboxylic acids is 3. The van der Waals surface area contributed by atoms with Gasteiger partial charge in [0.1, 0.15) is 17.8 Å². The molecule has 1 amide bonds. The lowest BCUT2D eigenvalue weighted by Gasteiger charge is -2.21. The van der Waals surface area contributed by atoms with Crippen LogP contribution >= 0.6 is 39.5 Å². The Morgan fingerprint density at radius 3 is 2.83 bits per heavy atom. The fourth-order valence-electron chi connectivity index (χ4n) is 4.55. The van der Waals surface area contributed by atoms with E-state index >= 15 is 0 Å². The van der Waals surface area contributed by atoms with Crippen molar-refractivity contribution < 1.29 is 14.4 Å². The van der Waals surface area contributed by atoms with Crippen molar-refractivity contribution in [1.82, 2.24) is 20.5 Å². The topological polar surface area (TPSA) is 105 Å². The van der Waals surface area contributed by atoms with E-state index in [2.05, 4.69) is 36.4 Å². The molecule has 2 aromatic carbocycles. The first kappa shape index (κ1) is 25.0. The van der Waals surface area contributed by atoms with Crippen LogP contribution in [0, 0.1) is 6.92 Å². The van der Waals surface area contributed by atoms with Gasteiger partial charge in [0.05, 0.1) is 16.8 Å². The number of benzene rings is 2. The molecule has 3 atom stereocenters. The number of H-pyrrole nitrogens is 1. The number of nitrogens with zero attached hydrogens (tertiary/aromatic N) is 2. The van der Waals surface area contributed by atoms with Crippen LogP contribution in [0.25, 0.3) is 6.08 Å². The lowest BCUT2D eigenvalue weighted by molar-refractivity contribution is -0.124. The molecule has 0 bridgehead atoms. The van der Waals surface area contributed by atoms with Crippen molar-refractivity contribution in [2.24, 2.45) is 0 Å². The highest BCUT2D eigenvalue weighted by Gasteiger charge is 2.38. The summed E-state index contributed by atoms with van der Waals surface area (Å²) in [7, 11) is 0. The minimum atomic E-state index is -0.557. The predicted molar refractivity (Wildman–Crippen MR) is 145 cm³/mol. The van der Waals surface area contributed by atoms with Crippen molar-refractivity contribution in [3.8, 4) is 0 Å². The number of aryl methyl sites for hydroxylation is 1. The molecule has 1 aliphatic carbocycles. The summed E-state index contributed by atoms with van der Waals surface area (Å²) in [5, 5.41) is 10.3. The second kappa shape index (κ2) is 10.4. The number of hydrogen-bond donors (Lipinski definition) is 2. The number of allylic oxidation sites excluding steroid dienone is 1. The molecule has 10 heteroatoms. The minimum absolute atomic E-state index is 0.0248. The second-order valence-electron chi connectivity index (χ2n) is 8.81. The van der Waals surface area contributed by atoms with Crippen molar-refractivity contribution in [1.29, 1.82) is 0 Å². The summed E-state index contributed by atoms with van der Waals surface area (Å²) < 4.78 is 0.838. The van der Waals surface area contributed by atoms with Crippen molar-refractivity contribution >= 4 is 63.0 Å². The van der Waals surface area contributed by atoms with Crippen molar-refractivity contribution in [3.05, 3.63) is 80.6 Å². The van der Waals surface area contributed by atoms with Crippen LogP contribution in [0.2, 0.25) is 0 Å². The Bertz CT molecular complexity index is 1400.